The standard InChI is InChI=1S/C27H20ClN3O2S2/c1-16-9-10-18(28)13-23(16)30-25(32)15-34-27-31-22-12-11-19(14-24(22)35-27)29-26(33)21-8-4-6-17-5-2-3-7-20(17)21/h2-14H,15H2,1H3,(H,29,33)(H,30,32). The number of hydrogen-bond acceptors (Lipinski definition) is 5. The lowest BCUT2D eigenvalue weighted by atomic mass is 10.0. The first-order valence-electron chi connectivity index (χ1n) is 10.8. The smallest absolute Gasteiger partial charge is 0.256 e. The summed E-state index contributed by atoms with van der Waals surface area (Å²) in [4.78, 5) is 30.0. The Kier molecular flexibility index (Phi) is 6.72. The number of aryl methyl sites for hydroxylation is 1. The molecule has 5 nitrogen and oxygen atoms in total. The van der Waals surface area contributed by atoms with Crippen molar-refractivity contribution < 1.29 is 9.59 Å². The number of thiazole rings is 1. The maximum Gasteiger partial charge on any atom is 0.256 e. The van der Waals surface area contributed by atoms with Crippen LogP contribution in [0.5, 0.6) is 0 Å². The van der Waals surface area contributed by atoms with Crippen molar-refractivity contribution in [3.63, 3.8) is 0 Å². The highest BCUT2D eigenvalue weighted by molar-refractivity contribution is 8.01. The van der Waals surface area contributed by atoms with Crippen LogP contribution < -0.4 is 10.6 Å². The number of thioether (sulfide) groups is 1. The van der Waals surface area contributed by atoms with Gasteiger partial charge < -0.3 is 10.6 Å². The van der Waals surface area contributed by atoms with Crippen LogP contribution in [0.15, 0.2) is 83.2 Å². The molecule has 0 aliphatic carbocycles. The van der Waals surface area contributed by atoms with Gasteiger partial charge in [0.2, 0.25) is 5.91 Å². The highest BCUT2D eigenvalue weighted by atomic mass is 35.5. The van der Waals surface area contributed by atoms with Gasteiger partial charge in [-0.2, -0.15) is 0 Å². The number of amides is 2. The maximum atomic E-state index is 13.0. The molecule has 0 aliphatic heterocycles. The van der Waals surface area contributed by atoms with E-state index in [9.17, 15) is 9.59 Å². The maximum absolute atomic E-state index is 13.0. The van der Waals surface area contributed by atoms with Crippen molar-refractivity contribution in [3.8, 4) is 0 Å². The van der Waals surface area contributed by atoms with Gasteiger partial charge in [0.15, 0.2) is 4.34 Å². The van der Waals surface area contributed by atoms with E-state index in [1.165, 1.54) is 23.1 Å². The minimum absolute atomic E-state index is 0.123. The molecule has 5 aromatic rings. The van der Waals surface area contributed by atoms with E-state index in [2.05, 4.69) is 15.6 Å². The summed E-state index contributed by atoms with van der Waals surface area (Å²) in [6.45, 7) is 1.92. The average molecular weight is 518 g/mol. The molecule has 0 fully saturated rings. The van der Waals surface area contributed by atoms with E-state index in [0.717, 1.165) is 30.9 Å². The summed E-state index contributed by atoms with van der Waals surface area (Å²) in [7, 11) is 0. The number of nitrogens with zero attached hydrogens (tertiary/aromatic N) is 1. The molecule has 1 aromatic heterocycles. The summed E-state index contributed by atoms with van der Waals surface area (Å²) in [5.41, 5.74) is 3.81. The Labute approximate surface area is 215 Å². The van der Waals surface area contributed by atoms with Crippen molar-refractivity contribution in [2.75, 3.05) is 16.4 Å². The van der Waals surface area contributed by atoms with Crippen molar-refractivity contribution in [1.29, 1.82) is 0 Å². The summed E-state index contributed by atoms with van der Waals surface area (Å²) in [6, 6.07) is 24.6. The SMILES string of the molecule is Cc1ccc(Cl)cc1NC(=O)CSc1nc2ccc(NC(=O)c3cccc4ccccc34)cc2s1. The number of fused-ring (bicyclic) bond motifs is 2. The molecule has 0 aliphatic rings. The molecule has 4 aromatic carbocycles. The summed E-state index contributed by atoms with van der Waals surface area (Å²) >= 11 is 8.90. The number of carbonyl (C=O) groups is 2. The van der Waals surface area contributed by atoms with Gasteiger partial charge in [-0.15, -0.1) is 11.3 Å². The Morgan fingerprint density at radius 1 is 0.971 bits per heavy atom. The van der Waals surface area contributed by atoms with Gasteiger partial charge in [-0.1, -0.05) is 65.8 Å². The lowest BCUT2D eigenvalue weighted by molar-refractivity contribution is -0.113. The van der Waals surface area contributed by atoms with Crippen molar-refractivity contribution in [2.45, 2.75) is 11.3 Å². The molecule has 0 saturated carbocycles. The zero-order valence-electron chi connectivity index (χ0n) is 18.7. The number of halogens is 1. The van der Waals surface area contributed by atoms with Gasteiger partial charge in [0.1, 0.15) is 0 Å². The van der Waals surface area contributed by atoms with Crippen LogP contribution in [0.1, 0.15) is 15.9 Å². The zero-order chi connectivity index (χ0) is 24.4. The summed E-state index contributed by atoms with van der Waals surface area (Å²) in [6.07, 6.45) is 0. The first kappa shape index (κ1) is 23.4. The zero-order valence-corrected chi connectivity index (χ0v) is 21.1. The van der Waals surface area contributed by atoms with E-state index in [-0.39, 0.29) is 17.6 Å². The molecule has 0 bridgehead atoms. The number of rotatable bonds is 6. The van der Waals surface area contributed by atoms with Gasteiger partial charge in [0.05, 0.1) is 16.0 Å². The van der Waals surface area contributed by atoms with Gasteiger partial charge in [-0.3, -0.25) is 9.59 Å². The Bertz CT molecular complexity index is 1580. The van der Waals surface area contributed by atoms with Gasteiger partial charge in [0.25, 0.3) is 5.91 Å². The number of benzene rings is 4. The molecule has 0 unspecified atom stereocenters. The minimum atomic E-state index is -0.159. The predicted octanol–water partition coefficient (Wildman–Crippen LogP) is 7.39. The Morgan fingerprint density at radius 2 is 1.80 bits per heavy atom. The first-order chi connectivity index (χ1) is 17.0. The van der Waals surface area contributed by atoms with Crippen LogP contribution in [0.3, 0.4) is 0 Å². The average Bonchev–Trinajstić information content (AvgIpc) is 3.27. The molecule has 0 saturated heterocycles. The van der Waals surface area contributed by atoms with Crippen LogP contribution in [-0.2, 0) is 4.79 Å². The summed E-state index contributed by atoms with van der Waals surface area (Å²) in [5.74, 6) is -0.0490. The van der Waals surface area contributed by atoms with E-state index in [1.54, 1.807) is 12.1 Å². The molecular weight excluding hydrogens is 498 g/mol. The quantitative estimate of drug-likeness (QED) is 0.230. The number of anilines is 2. The second-order valence-electron chi connectivity index (χ2n) is 7.94. The van der Waals surface area contributed by atoms with E-state index in [4.69, 9.17) is 11.6 Å². The van der Waals surface area contributed by atoms with E-state index < -0.39 is 0 Å². The Hall–Kier alpha value is -3.39. The summed E-state index contributed by atoms with van der Waals surface area (Å²) in [5, 5.41) is 8.41. The van der Waals surface area contributed by atoms with Crippen LogP contribution in [0.25, 0.3) is 21.0 Å². The third-order valence-electron chi connectivity index (χ3n) is 5.46. The molecule has 5 rings (SSSR count). The molecule has 35 heavy (non-hydrogen) atoms. The lowest BCUT2D eigenvalue weighted by Crippen LogP contribution is -2.14. The van der Waals surface area contributed by atoms with Gasteiger partial charge in [-0.05, 0) is 59.7 Å². The minimum Gasteiger partial charge on any atom is -0.325 e. The molecule has 1 heterocycles. The molecule has 0 atom stereocenters. The Balaban J connectivity index is 1.26. The van der Waals surface area contributed by atoms with Crippen molar-refractivity contribution in [3.05, 3.63) is 95.0 Å². The van der Waals surface area contributed by atoms with Crippen molar-refractivity contribution in [2.24, 2.45) is 0 Å². The molecule has 2 amide bonds. The van der Waals surface area contributed by atoms with Gasteiger partial charge in [-0.25, -0.2) is 4.98 Å². The van der Waals surface area contributed by atoms with Crippen LogP contribution in [0.2, 0.25) is 5.02 Å². The fraction of sp³-hybridized carbons (Fsp3) is 0.0741. The normalized spacial score (nSPS) is 11.0. The summed E-state index contributed by atoms with van der Waals surface area (Å²) < 4.78 is 1.73. The third kappa shape index (κ3) is 5.32. The van der Waals surface area contributed by atoms with Crippen LogP contribution in [0, 0.1) is 6.92 Å². The van der Waals surface area contributed by atoms with Gasteiger partial charge in [0, 0.05) is 22.0 Å². The third-order valence-corrected chi connectivity index (χ3v) is 7.86. The van der Waals surface area contributed by atoms with Gasteiger partial charge >= 0.3 is 0 Å². The fourth-order valence-corrected chi connectivity index (χ4v) is 5.79. The van der Waals surface area contributed by atoms with E-state index >= 15 is 0 Å². The molecule has 8 heteroatoms. The van der Waals surface area contributed by atoms with E-state index in [1.807, 2.05) is 73.7 Å². The molecular formula is C27H20ClN3O2S2. The number of nitrogens with one attached hydrogen (secondary N) is 2. The fourth-order valence-electron chi connectivity index (χ4n) is 3.71. The second kappa shape index (κ2) is 10.1. The number of aromatic nitrogens is 1. The Morgan fingerprint density at radius 3 is 2.69 bits per heavy atom. The molecule has 0 radical (unpaired) electrons. The first-order valence-corrected chi connectivity index (χ1v) is 13.0. The van der Waals surface area contributed by atoms with Crippen molar-refractivity contribution in [1.82, 2.24) is 4.98 Å². The molecule has 2 N–H and O–H groups in total. The lowest BCUT2D eigenvalue weighted by Gasteiger charge is -2.08. The molecule has 174 valence electrons. The number of hydrogen-bond donors (Lipinski definition) is 2. The van der Waals surface area contributed by atoms with Crippen LogP contribution in [0.4, 0.5) is 11.4 Å². The number of carbonyl (C=O) groups excluding carboxylic acids is 2. The second-order valence-corrected chi connectivity index (χ2v) is 10.6. The largest absolute Gasteiger partial charge is 0.325 e. The van der Waals surface area contributed by atoms with Crippen LogP contribution in [-0.4, -0.2) is 22.6 Å². The van der Waals surface area contributed by atoms with Crippen LogP contribution >= 0.6 is 34.7 Å². The topological polar surface area (TPSA) is 71.1 Å². The highest BCUT2D eigenvalue weighted by Gasteiger charge is 2.13. The monoisotopic (exact) mass is 517 g/mol. The molecule has 0 spiro atoms. The van der Waals surface area contributed by atoms with Crippen molar-refractivity contribution >= 4 is 78.9 Å². The predicted molar refractivity (Wildman–Crippen MR) is 147 cm³/mol. The van der Waals surface area contributed by atoms with E-state index in [0.29, 0.717) is 22.0 Å². The highest BCUT2D eigenvalue weighted by Crippen LogP contribution is 2.32.